The minimum Gasteiger partial charge on any atom is -0.477 e. The van der Waals surface area contributed by atoms with Gasteiger partial charge in [0.2, 0.25) is 5.91 Å². The van der Waals surface area contributed by atoms with Gasteiger partial charge in [-0.3, -0.25) is 9.59 Å². The first kappa shape index (κ1) is 23.4. The summed E-state index contributed by atoms with van der Waals surface area (Å²) in [5, 5.41) is 5.29. The van der Waals surface area contributed by atoms with E-state index in [-0.39, 0.29) is 30.7 Å². The summed E-state index contributed by atoms with van der Waals surface area (Å²) >= 11 is 0. The highest BCUT2D eigenvalue weighted by molar-refractivity contribution is 5.95. The molecule has 0 aromatic heterocycles. The maximum Gasteiger partial charge on any atom is 0.418 e. The summed E-state index contributed by atoms with van der Waals surface area (Å²) in [6, 6.07) is 11.8. The number of alkyl halides is 3. The topological polar surface area (TPSA) is 70.7 Å². The smallest absolute Gasteiger partial charge is 0.418 e. The molecule has 0 bridgehead atoms. The average Bonchev–Trinajstić information content (AvgIpc) is 2.76. The van der Waals surface area contributed by atoms with Crippen molar-refractivity contribution in [3.05, 3.63) is 54.1 Å². The molecule has 2 N–H and O–H groups in total. The lowest BCUT2D eigenvalue weighted by Gasteiger charge is -2.35. The zero-order valence-corrected chi connectivity index (χ0v) is 17.9. The van der Waals surface area contributed by atoms with Crippen LogP contribution in [-0.4, -0.2) is 37.0 Å². The number of carbonyl (C=O) groups excluding carboxylic acids is 2. The van der Waals surface area contributed by atoms with Crippen molar-refractivity contribution >= 4 is 23.2 Å². The summed E-state index contributed by atoms with van der Waals surface area (Å²) in [4.78, 5) is 27.0. The van der Waals surface area contributed by atoms with Crippen LogP contribution in [0.4, 0.5) is 24.5 Å². The van der Waals surface area contributed by atoms with E-state index in [2.05, 4.69) is 10.6 Å². The lowest BCUT2D eigenvalue weighted by Crippen LogP contribution is -2.52. The molecule has 3 rings (SSSR count). The lowest BCUT2D eigenvalue weighted by molar-refractivity contribution is -0.137. The third kappa shape index (κ3) is 5.52. The fraction of sp³-hybridized carbons (Fsp3) is 0.391. The third-order valence-electron chi connectivity index (χ3n) is 5.33. The van der Waals surface area contributed by atoms with Crippen LogP contribution in [0.1, 0.15) is 32.3 Å². The maximum atomic E-state index is 13.2. The van der Waals surface area contributed by atoms with Gasteiger partial charge in [0, 0.05) is 6.04 Å². The van der Waals surface area contributed by atoms with E-state index in [0.29, 0.717) is 11.4 Å². The van der Waals surface area contributed by atoms with Crippen LogP contribution in [-0.2, 0) is 15.8 Å². The van der Waals surface area contributed by atoms with E-state index >= 15 is 0 Å². The predicted molar refractivity (Wildman–Crippen MR) is 116 cm³/mol. The Bertz CT molecular complexity index is 961. The Hall–Kier alpha value is -3.23. The van der Waals surface area contributed by atoms with E-state index in [1.54, 1.807) is 29.2 Å². The molecule has 1 atom stereocenters. The molecule has 172 valence electrons. The van der Waals surface area contributed by atoms with Crippen molar-refractivity contribution in [1.82, 2.24) is 5.32 Å². The molecule has 0 fully saturated rings. The van der Waals surface area contributed by atoms with Gasteiger partial charge in [0.25, 0.3) is 5.91 Å². The van der Waals surface area contributed by atoms with Crippen molar-refractivity contribution in [3.63, 3.8) is 0 Å². The van der Waals surface area contributed by atoms with E-state index in [1.807, 2.05) is 13.8 Å². The molecule has 32 heavy (non-hydrogen) atoms. The highest BCUT2D eigenvalue weighted by Crippen LogP contribution is 2.35. The first-order chi connectivity index (χ1) is 15.2. The van der Waals surface area contributed by atoms with Gasteiger partial charge in [-0.25, -0.2) is 0 Å². The van der Waals surface area contributed by atoms with Crippen molar-refractivity contribution in [1.29, 1.82) is 0 Å². The lowest BCUT2D eigenvalue weighted by atomic mass is 10.1. The quantitative estimate of drug-likeness (QED) is 0.664. The van der Waals surface area contributed by atoms with Gasteiger partial charge in [0.15, 0.2) is 6.10 Å². The molecule has 0 spiro atoms. The Balaban J connectivity index is 1.76. The molecule has 0 saturated carbocycles. The van der Waals surface area contributed by atoms with Crippen LogP contribution in [0.25, 0.3) is 0 Å². The molecule has 0 saturated heterocycles. The van der Waals surface area contributed by atoms with E-state index in [0.717, 1.165) is 18.9 Å². The number of fused-ring (bicyclic) bond motifs is 1. The third-order valence-corrected chi connectivity index (χ3v) is 5.33. The van der Waals surface area contributed by atoms with E-state index < -0.39 is 23.8 Å². The summed E-state index contributed by atoms with van der Waals surface area (Å²) in [5.74, 6) is -0.481. The average molecular weight is 449 g/mol. The molecule has 1 aliphatic heterocycles. The number of nitrogens with one attached hydrogen (secondary N) is 2. The zero-order chi connectivity index (χ0) is 23.3. The molecule has 6 nitrogen and oxygen atoms in total. The number of halogens is 3. The number of carbonyl (C=O) groups is 2. The van der Waals surface area contributed by atoms with Crippen LogP contribution >= 0.6 is 0 Å². The fourth-order valence-corrected chi connectivity index (χ4v) is 3.58. The van der Waals surface area contributed by atoms with Gasteiger partial charge >= 0.3 is 6.18 Å². The van der Waals surface area contributed by atoms with Gasteiger partial charge in [0.05, 0.1) is 30.0 Å². The number of amides is 2. The summed E-state index contributed by atoms with van der Waals surface area (Å²) < 4.78 is 45.5. The number of benzene rings is 2. The van der Waals surface area contributed by atoms with Crippen LogP contribution in [0.2, 0.25) is 0 Å². The zero-order valence-electron chi connectivity index (χ0n) is 17.9. The first-order valence-electron chi connectivity index (χ1n) is 10.5. The summed E-state index contributed by atoms with van der Waals surface area (Å²) in [6.07, 6.45) is -3.89. The molecule has 2 amide bonds. The molecule has 0 radical (unpaired) electrons. The van der Waals surface area contributed by atoms with Crippen molar-refractivity contribution in [2.75, 3.05) is 23.3 Å². The van der Waals surface area contributed by atoms with Crippen LogP contribution < -0.4 is 20.3 Å². The molecule has 2 aromatic carbocycles. The second-order valence-electron chi connectivity index (χ2n) is 7.57. The SMILES string of the molecule is CCC(CC)NC(=O)C1CN(CC(=O)Nc2ccccc2C(F)(F)F)c2ccccc2O1. The Kier molecular flexibility index (Phi) is 7.27. The predicted octanol–water partition coefficient (Wildman–Crippen LogP) is 4.22. The van der Waals surface area contributed by atoms with E-state index in [9.17, 15) is 22.8 Å². The molecule has 1 aliphatic rings. The standard InChI is InChI=1S/C23H26F3N3O3/c1-3-15(4-2)27-22(31)20-13-29(18-11-7-8-12-19(18)32-20)14-21(30)28-17-10-6-5-9-16(17)23(24,25)26/h5-12,15,20H,3-4,13-14H2,1-2H3,(H,27,31)(H,28,30). The normalized spacial score (nSPS) is 15.7. The van der Waals surface area contributed by atoms with Gasteiger partial charge in [-0.15, -0.1) is 0 Å². The van der Waals surface area contributed by atoms with Gasteiger partial charge in [-0.1, -0.05) is 38.1 Å². The van der Waals surface area contributed by atoms with Gasteiger partial charge < -0.3 is 20.3 Å². The minimum atomic E-state index is -4.59. The largest absolute Gasteiger partial charge is 0.477 e. The van der Waals surface area contributed by atoms with E-state index in [1.165, 1.54) is 18.2 Å². The van der Waals surface area contributed by atoms with Crippen molar-refractivity contribution in [2.24, 2.45) is 0 Å². The number of para-hydroxylation sites is 3. The second kappa shape index (κ2) is 9.93. The van der Waals surface area contributed by atoms with Crippen LogP contribution in [0.3, 0.4) is 0 Å². The number of hydrogen-bond acceptors (Lipinski definition) is 4. The number of hydrogen-bond donors (Lipinski definition) is 2. The van der Waals surface area contributed by atoms with Crippen molar-refractivity contribution in [2.45, 2.75) is 45.0 Å². The van der Waals surface area contributed by atoms with Crippen LogP contribution in [0, 0.1) is 0 Å². The summed E-state index contributed by atoms with van der Waals surface area (Å²) in [6.45, 7) is 3.81. The number of anilines is 2. The Morgan fingerprint density at radius 1 is 1.09 bits per heavy atom. The highest BCUT2D eigenvalue weighted by Gasteiger charge is 2.35. The number of ether oxygens (including phenoxy) is 1. The highest BCUT2D eigenvalue weighted by atomic mass is 19.4. The fourth-order valence-electron chi connectivity index (χ4n) is 3.58. The summed E-state index contributed by atoms with van der Waals surface area (Å²) in [5.41, 5.74) is -0.633. The Morgan fingerprint density at radius 2 is 1.75 bits per heavy atom. The molecule has 0 aliphatic carbocycles. The molecule has 2 aromatic rings. The van der Waals surface area contributed by atoms with E-state index in [4.69, 9.17) is 4.74 Å². The molecule has 1 heterocycles. The van der Waals surface area contributed by atoms with Crippen LogP contribution in [0.5, 0.6) is 5.75 Å². The second-order valence-corrected chi connectivity index (χ2v) is 7.57. The Labute approximate surface area is 184 Å². The van der Waals surface area contributed by atoms with Crippen molar-refractivity contribution < 1.29 is 27.5 Å². The minimum absolute atomic E-state index is 0.0129. The molecular weight excluding hydrogens is 423 g/mol. The van der Waals surface area contributed by atoms with Gasteiger partial charge in [0.1, 0.15) is 5.75 Å². The maximum absolute atomic E-state index is 13.2. The molecule has 1 unspecified atom stereocenters. The first-order valence-corrected chi connectivity index (χ1v) is 10.5. The van der Waals surface area contributed by atoms with Gasteiger partial charge in [-0.05, 0) is 37.1 Å². The number of rotatable bonds is 7. The number of nitrogens with zero attached hydrogens (tertiary/aromatic N) is 1. The summed E-state index contributed by atoms with van der Waals surface area (Å²) in [7, 11) is 0. The Morgan fingerprint density at radius 3 is 2.44 bits per heavy atom. The van der Waals surface area contributed by atoms with Gasteiger partial charge in [-0.2, -0.15) is 13.2 Å². The molecule has 9 heteroatoms. The monoisotopic (exact) mass is 449 g/mol. The van der Waals surface area contributed by atoms with Crippen LogP contribution in [0.15, 0.2) is 48.5 Å². The molecular formula is C23H26F3N3O3. The van der Waals surface area contributed by atoms with Crippen molar-refractivity contribution in [3.8, 4) is 5.75 Å².